The van der Waals surface area contributed by atoms with Crippen LogP contribution in [0.4, 0.5) is 5.69 Å². The highest BCUT2D eigenvalue weighted by molar-refractivity contribution is 6.02. The number of carbonyl (C=O) groups is 3. The Morgan fingerprint density at radius 3 is 2.71 bits per heavy atom. The Morgan fingerprint density at radius 1 is 1.38 bits per heavy atom. The Bertz CT molecular complexity index is 656. The zero-order valence-electron chi connectivity index (χ0n) is 14.0. The molecule has 1 atom stereocenters. The number of rotatable bonds is 6. The van der Waals surface area contributed by atoms with E-state index in [-0.39, 0.29) is 25.0 Å². The Hall–Kier alpha value is -2.57. The van der Waals surface area contributed by atoms with Crippen molar-refractivity contribution in [2.45, 2.75) is 33.2 Å². The number of benzene rings is 1. The third-order valence-corrected chi connectivity index (χ3v) is 3.70. The predicted octanol–water partition coefficient (Wildman–Crippen LogP) is 1.34. The molecule has 0 radical (unpaired) electrons. The summed E-state index contributed by atoms with van der Waals surface area (Å²) in [6.45, 7) is 5.29. The first-order chi connectivity index (χ1) is 11.3. The van der Waals surface area contributed by atoms with Gasteiger partial charge in [0.15, 0.2) is 6.61 Å². The van der Waals surface area contributed by atoms with Crippen molar-refractivity contribution in [2.24, 2.45) is 5.92 Å². The van der Waals surface area contributed by atoms with E-state index in [0.29, 0.717) is 17.9 Å². The lowest BCUT2D eigenvalue weighted by atomic mass is 10.0. The first-order valence-corrected chi connectivity index (χ1v) is 7.84. The van der Waals surface area contributed by atoms with Gasteiger partial charge in [-0.3, -0.25) is 14.5 Å². The van der Waals surface area contributed by atoms with Gasteiger partial charge in [-0.2, -0.15) is 0 Å². The summed E-state index contributed by atoms with van der Waals surface area (Å²) >= 11 is 0. The number of carboxylic acids is 1. The van der Waals surface area contributed by atoms with Gasteiger partial charge in [0.2, 0.25) is 5.91 Å². The number of anilines is 1. The number of nitrogens with one attached hydrogen (secondary N) is 1. The summed E-state index contributed by atoms with van der Waals surface area (Å²) in [7, 11) is 0. The molecular formula is C17H22N2O5. The number of amides is 2. The van der Waals surface area contributed by atoms with Crippen molar-refractivity contribution in [3.05, 3.63) is 23.8 Å². The third-order valence-electron chi connectivity index (χ3n) is 3.70. The van der Waals surface area contributed by atoms with Gasteiger partial charge in [0.1, 0.15) is 18.3 Å². The molecule has 0 fully saturated rings. The second kappa shape index (κ2) is 7.33. The van der Waals surface area contributed by atoms with Gasteiger partial charge in [-0.15, -0.1) is 0 Å². The summed E-state index contributed by atoms with van der Waals surface area (Å²) in [6, 6.07) is 4.37. The van der Waals surface area contributed by atoms with Crippen LogP contribution < -0.4 is 15.0 Å². The average molecular weight is 334 g/mol. The number of fused-ring (bicyclic) bond motifs is 1. The van der Waals surface area contributed by atoms with Crippen LogP contribution in [0.15, 0.2) is 18.2 Å². The molecule has 0 aliphatic carbocycles. The number of carbonyl (C=O) groups excluding carboxylic acids is 2. The first kappa shape index (κ1) is 17.8. The van der Waals surface area contributed by atoms with Gasteiger partial charge in [-0.1, -0.05) is 19.9 Å². The fraction of sp³-hybridized carbons (Fsp3) is 0.471. The molecule has 0 spiro atoms. The van der Waals surface area contributed by atoms with E-state index in [1.807, 2.05) is 26.8 Å². The maximum absolute atomic E-state index is 12.2. The summed E-state index contributed by atoms with van der Waals surface area (Å²) in [5, 5.41) is 11.7. The summed E-state index contributed by atoms with van der Waals surface area (Å²) < 4.78 is 5.38. The summed E-state index contributed by atoms with van der Waals surface area (Å²) in [5.74, 6) is -1.26. The monoisotopic (exact) mass is 334 g/mol. The minimum absolute atomic E-state index is 0.125. The molecule has 7 heteroatoms. The third kappa shape index (κ3) is 4.24. The van der Waals surface area contributed by atoms with Crippen molar-refractivity contribution in [1.29, 1.82) is 0 Å². The molecule has 1 aliphatic rings. The molecule has 0 aromatic heterocycles. The number of carboxylic acid groups (broad SMARTS) is 1. The Morgan fingerprint density at radius 2 is 2.08 bits per heavy atom. The minimum atomic E-state index is -1.08. The van der Waals surface area contributed by atoms with Gasteiger partial charge >= 0.3 is 5.97 Å². The fourth-order valence-corrected chi connectivity index (χ4v) is 2.56. The van der Waals surface area contributed by atoms with Crippen molar-refractivity contribution in [1.82, 2.24) is 5.32 Å². The highest BCUT2D eigenvalue weighted by Crippen LogP contribution is 2.32. The Labute approximate surface area is 140 Å². The molecule has 1 aromatic rings. The molecule has 2 rings (SSSR count). The SMILES string of the molecule is Cc1ccc2c(c1)OCC(=O)N2CC(=O)NC(CC(C)C)C(=O)O. The van der Waals surface area contributed by atoms with Crippen LogP contribution in [-0.4, -0.2) is 42.1 Å². The summed E-state index contributed by atoms with van der Waals surface area (Å²) in [6.07, 6.45) is 0.327. The van der Waals surface area contributed by atoms with E-state index in [2.05, 4.69) is 5.32 Å². The van der Waals surface area contributed by atoms with Crippen LogP contribution >= 0.6 is 0 Å². The van der Waals surface area contributed by atoms with Gasteiger partial charge < -0.3 is 15.2 Å². The molecule has 1 aromatic carbocycles. The number of nitrogens with zero attached hydrogens (tertiary/aromatic N) is 1. The molecule has 1 aliphatic heterocycles. The van der Waals surface area contributed by atoms with Crippen molar-refractivity contribution in [3.8, 4) is 5.75 Å². The van der Waals surface area contributed by atoms with E-state index in [9.17, 15) is 19.5 Å². The second-order valence-corrected chi connectivity index (χ2v) is 6.33. The molecule has 1 heterocycles. The molecule has 2 N–H and O–H groups in total. The van der Waals surface area contributed by atoms with Crippen molar-refractivity contribution < 1.29 is 24.2 Å². The van der Waals surface area contributed by atoms with Crippen LogP contribution in [0, 0.1) is 12.8 Å². The molecule has 0 bridgehead atoms. The van der Waals surface area contributed by atoms with E-state index < -0.39 is 17.9 Å². The Balaban J connectivity index is 2.11. The van der Waals surface area contributed by atoms with Gasteiger partial charge in [0.25, 0.3) is 5.91 Å². The number of hydrogen-bond acceptors (Lipinski definition) is 4. The second-order valence-electron chi connectivity index (χ2n) is 6.33. The minimum Gasteiger partial charge on any atom is -0.482 e. The van der Waals surface area contributed by atoms with E-state index >= 15 is 0 Å². The van der Waals surface area contributed by atoms with Crippen LogP contribution in [-0.2, 0) is 14.4 Å². The van der Waals surface area contributed by atoms with Gasteiger partial charge in [-0.05, 0) is 37.0 Å². The predicted molar refractivity (Wildman–Crippen MR) is 88.0 cm³/mol. The standard InChI is InChI=1S/C17H22N2O5/c1-10(2)6-12(17(22)23)18-15(20)8-19-13-5-4-11(3)7-14(13)24-9-16(19)21/h4-5,7,10,12H,6,8-9H2,1-3H3,(H,18,20)(H,22,23). The zero-order valence-corrected chi connectivity index (χ0v) is 14.0. The maximum atomic E-state index is 12.2. The van der Waals surface area contributed by atoms with E-state index in [0.717, 1.165) is 5.56 Å². The number of aryl methyl sites for hydroxylation is 1. The quantitative estimate of drug-likeness (QED) is 0.818. The normalized spacial score (nSPS) is 14.8. The van der Waals surface area contributed by atoms with Crippen molar-refractivity contribution in [2.75, 3.05) is 18.1 Å². The van der Waals surface area contributed by atoms with Crippen molar-refractivity contribution >= 4 is 23.5 Å². The Kier molecular flexibility index (Phi) is 5.43. The zero-order chi connectivity index (χ0) is 17.9. The van der Waals surface area contributed by atoms with Gasteiger partial charge in [0, 0.05) is 0 Å². The van der Waals surface area contributed by atoms with Crippen molar-refractivity contribution in [3.63, 3.8) is 0 Å². The molecule has 1 unspecified atom stereocenters. The molecule has 0 saturated carbocycles. The number of ether oxygens (including phenoxy) is 1. The molecule has 2 amide bonds. The fourth-order valence-electron chi connectivity index (χ4n) is 2.56. The summed E-state index contributed by atoms with van der Waals surface area (Å²) in [5.41, 5.74) is 1.50. The van der Waals surface area contributed by atoms with Crippen LogP contribution in [0.5, 0.6) is 5.75 Å². The molecule has 0 saturated heterocycles. The molecule has 24 heavy (non-hydrogen) atoms. The van der Waals surface area contributed by atoms with Crippen LogP contribution in [0.1, 0.15) is 25.8 Å². The number of aliphatic carboxylic acids is 1. The lowest BCUT2D eigenvalue weighted by molar-refractivity contribution is -0.142. The molecule has 7 nitrogen and oxygen atoms in total. The van der Waals surface area contributed by atoms with E-state index in [1.165, 1.54) is 4.90 Å². The lowest BCUT2D eigenvalue weighted by Gasteiger charge is -2.29. The number of hydrogen-bond donors (Lipinski definition) is 2. The first-order valence-electron chi connectivity index (χ1n) is 7.84. The largest absolute Gasteiger partial charge is 0.482 e. The van der Waals surface area contributed by atoms with Gasteiger partial charge in [0.05, 0.1) is 5.69 Å². The van der Waals surface area contributed by atoms with E-state index in [1.54, 1.807) is 12.1 Å². The van der Waals surface area contributed by atoms with E-state index in [4.69, 9.17) is 4.74 Å². The topological polar surface area (TPSA) is 95.9 Å². The average Bonchev–Trinajstić information content (AvgIpc) is 2.49. The summed E-state index contributed by atoms with van der Waals surface area (Å²) in [4.78, 5) is 36.9. The highest BCUT2D eigenvalue weighted by Gasteiger charge is 2.29. The van der Waals surface area contributed by atoms with Crippen LogP contribution in [0.3, 0.4) is 0 Å². The highest BCUT2D eigenvalue weighted by atomic mass is 16.5. The smallest absolute Gasteiger partial charge is 0.326 e. The lowest BCUT2D eigenvalue weighted by Crippen LogP contribution is -2.49. The molecule has 130 valence electrons. The van der Waals surface area contributed by atoms with Crippen LogP contribution in [0.25, 0.3) is 0 Å². The maximum Gasteiger partial charge on any atom is 0.326 e. The van der Waals surface area contributed by atoms with Crippen LogP contribution in [0.2, 0.25) is 0 Å². The molecular weight excluding hydrogens is 312 g/mol. The van der Waals surface area contributed by atoms with Gasteiger partial charge in [-0.25, -0.2) is 4.79 Å².